The van der Waals surface area contributed by atoms with E-state index >= 15 is 0 Å². The molecule has 0 aliphatic heterocycles. The molecular formula is C16H26O3. The highest BCUT2D eigenvalue weighted by molar-refractivity contribution is 4.77. The van der Waals surface area contributed by atoms with E-state index in [1.165, 1.54) is 31.6 Å². The molecule has 1 rings (SSSR count). The van der Waals surface area contributed by atoms with Gasteiger partial charge in [-0.2, -0.15) is 0 Å². The van der Waals surface area contributed by atoms with Crippen LogP contribution < -0.4 is 0 Å². The third kappa shape index (κ3) is 6.37. The van der Waals surface area contributed by atoms with Gasteiger partial charge in [-0.25, -0.2) is 0 Å². The maximum Gasteiger partial charge on any atom is 0.0901 e. The largest absolute Gasteiger partial charge is 0.502 e. The first kappa shape index (κ1) is 15.7. The van der Waals surface area contributed by atoms with Crippen molar-refractivity contribution < 1.29 is 14.2 Å². The van der Waals surface area contributed by atoms with Crippen molar-refractivity contribution in [2.45, 2.75) is 25.7 Å². The molecule has 3 heteroatoms. The maximum absolute atomic E-state index is 5.38. The van der Waals surface area contributed by atoms with Crippen LogP contribution in [0.3, 0.4) is 0 Å². The van der Waals surface area contributed by atoms with E-state index in [1.54, 1.807) is 0 Å². The number of hydrogen-bond acceptors (Lipinski definition) is 3. The molecule has 0 bridgehead atoms. The Kier molecular flexibility index (Phi) is 7.87. The van der Waals surface area contributed by atoms with Crippen LogP contribution in [-0.2, 0) is 14.2 Å². The second-order valence-electron chi connectivity index (χ2n) is 5.15. The number of ether oxygens (including phenoxy) is 3. The summed E-state index contributed by atoms with van der Waals surface area (Å²) in [5.74, 6) is 1.69. The molecule has 108 valence electrons. The molecule has 3 nitrogen and oxygen atoms in total. The molecule has 1 fully saturated rings. The molecule has 0 radical (unpaired) electrons. The molecule has 1 aliphatic rings. The molecule has 0 aromatic carbocycles. The van der Waals surface area contributed by atoms with Crippen LogP contribution in [-0.4, -0.2) is 19.8 Å². The quantitative estimate of drug-likeness (QED) is 0.468. The molecule has 19 heavy (non-hydrogen) atoms. The van der Waals surface area contributed by atoms with Crippen molar-refractivity contribution in [3.8, 4) is 0 Å². The van der Waals surface area contributed by atoms with Crippen LogP contribution in [0.15, 0.2) is 38.5 Å². The molecule has 0 heterocycles. The van der Waals surface area contributed by atoms with Crippen LogP contribution in [0.25, 0.3) is 0 Å². The fourth-order valence-corrected chi connectivity index (χ4v) is 2.80. The van der Waals surface area contributed by atoms with Gasteiger partial charge in [0.25, 0.3) is 0 Å². The molecule has 2 unspecified atom stereocenters. The van der Waals surface area contributed by atoms with E-state index in [2.05, 4.69) is 19.7 Å². The van der Waals surface area contributed by atoms with Gasteiger partial charge in [0.15, 0.2) is 0 Å². The second kappa shape index (κ2) is 9.54. The molecule has 0 aromatic heterocycles. The molecule has 0 saturated heterocycles. The molecule has 0 amide bonds. The topological polar surface area (TPSA) is 27.7 Å². The lowest BCUT2D eigenvalue weighted by Crippen LogP contribution is -2.16. The Bertz CT molecular complexity index is 253. The van der Waals surface area contributed by atoms with Crippen molar-refractivity contribution in [1.82, 2.24) is 0 Å². The third-order valence-corrected chi connectivity index (χ3v) is 3.67. The Labute approximate surface area is 116 Å². The van der Waals surface area contributed by atoms with Crippen molar-refractivity contribution >= 4 is 0 Å². The van der Waals surface area contributed by atoms with Crippen molar-refractivity contribution in [1.29, 1.82) is 0 Å². The van der Waals surface area contributed by atoms with Gasteiger partial charge in [-0.05, 0) is 43.4 Å². The van der Waals surface area contributed by atoms with E-state index < -0.39 is 0 Å². The van der Waals surface area contributed by atoms with E-state index in [4.69, 9.17) is 14.2 Å². The minimum absolute atomic E-state index is 0.539. The van der Waals surface area contributed by atoms with E-state index in [-0.39, 0.29) is 0 Å². The van der Waals surface area contributed by atoms with Gasteiger partial charge in [0.05, 0.1) is 38.6 Å². The van der Waals surface area contributed by atoms with Crippen LogP contribution >= 0.6 is 0 Å². The Morgan fingerprint density at radius 2 is 1.05 bits per heavy atom. The highest BCUT2D eigenvalue weighted by Crippen LogP contribution is 2.32. The lowest BCUT2D eigenvalue weighted by atomic mass is 9.93. The summed E-state index contributed by atoms with van der Waals surface area (Å²) < 4.78 is 16.1. The Morgan fingerprint density at radius 3 is 1.42 bits per heavy atom. The van der Waals surface area contributed by atoms with Gasteiger partial charge in [0.2, 0.25) is 0 Å². The summed E-state index contributed by atoms with van der Waals surface area (Å²) >= 11 is 0. The van der Waals surface area contributed by atoms with Crippen molar-refractivity contribution in [2.75, 3.05) is 19.8 Å². The highest BCUT2D eigenvalue weighted by atomic mass is 16.5. The van der Waals surface area contributed by atoms with Crippen LogP contribution in [0.2, 0.25) is 0 Å². The van der Waals surface area contributed by atoms with Gasteiger partial charge in [0.1, 0.15) is 0 Å². The fraction of sp³-hybridized carbons (Fsp3) is 0.625. The minimum atomic E-state index is 0.539. The van der Waals surface area contributed by atoms with Crippen LogP contribution in [0, 0.1) is 17.8 Å². The first-order valence-electron chi connectivity index (χ1n) is 6.97. The molecule has 1 saturated carbocycles. The van der Waals surface area contributed by atoms with E-state index in [0.717, 1.165) is 32.7 Å². The van der Waals surface area contributed by atoms with Crippen LogP contribution in [0.5, 0.6) is 0 Å². The lowest BCUT2D eigenvalue weighted by Gasteiger charge is -2.20. The van der Waals surface area contributed by atoms with Gasteiger partial charge in [-0.3, -0.25) is 0 Å². The first-order chi connectivity index (χ1) is 9.30. The van der Waals surface area contributed by atoms with Crippen LogP contribution in [0.4, 0.5) is 0 Å². The lowest BCUT2D eigenvalue weighted by molar-refractivity contribution is 0.129. The smallest absolute Gasteiger partial charge is 0.0901 e. The van der Waals surface area contributed by atoms with Crippen molar-refractivity contribution in [3.05, 3.63) is 38.5 Å². The van der Waals surface area contributed by atoms with E-state index in [0.29, 0.717) is 17.8 Å². The summed E-state index contributed by atoms with van der Waals surface area (Å²) in [6, 6.07) is 0. The van der Waals surface area contributed by atoms with Crippen LogP contribution in [0.1, 0.15) is 25.7 Å². The van der Waals surface area contributed by atoms with Gasteiger partial charge >= 0.3 is 0 Å². The number of rotatable bonds is 9. The molecule has 1 aliphatic carbocycles. The zero-order valence-corrected chi connectivity index (χ0v) is 11.8. The van der Waals surface area contributed by atoms with Crippen molar-refractivity contribution in [2.24, 2.45) is 17.8 Å². The van der Waals surface area contributed by atoms with E-state index in [1.807, 2.05) is 0 Å². The molecule has 0 N–H and O–H groups in total. The normalized spacial score (nSPS) is 26.8. The zero-order chi connectivity index (χ0) is 13.9. The maximum atomic E-state index is 5.38. The van der Waals surface area contributed by atoms with Gasteiger partial charge in [-0.15, -0.1) is 0 Å². The zero-order valence-electron chi connectivity index (χ0n) is 11.8. The Balaban J connectivity index is 2.50. The predicted octanol–water partition coefficient (Wildman–Crippen LogP) is 3.89. The highest BCUT2D eigenvalue weighted by Gasteiger charge is 2.26. The van der Waals surface area contributed by atoms with Gasteiger partial charge < -0.3 is 14.2 Å². The van der Waals surface area contributed by atoms with Crippen molar-refractivity contribution in [3.63, 3.8) is 0 Å². The predicted molar refractivity (Wildman–Crippen MR) is 77.4 cm³/mol. The summed E-state index contributed by atoms with van der Waals surface area (Å²) in [4.78, 5) is 0. The summed E-state index contributed by atoms with van der Waals surface area (Å²) in [5, 5.41) is 0. The Hall–Kier alpha value is -1.38. The standard InChI is InChI=1S/C16H26O3/c1-4-17-11-14-7-8-15(12-18-5-2)10-16(9-14)13-19-6-3/h4-6,14-16H,1-3,7-13H2. The molecule has 0 spiro atoms. The molecule has 2 atom stereocenters. The second-order valence-corrected chi connectivity index (χ2v) is 5.15. The average molecular weight is 266 g/mol. The van der Waals surface area contributed by atoms with E-state index in [9.17, 15) is 0 Å². The fourth-order valence-electron chi connectivity index (χ4n) is 2.80. The SMILES string of the molecule is C=COCC1CCC(COC=C)CC(COC=C)C1. The number of hydrogen-bond donors (Lipinski definition) is 0. The third-order valence-electron chi connectivity index (χ3n) is 3.67. The molecular weight excluding hydrogens is 240 g/mol. The van der Waals surface area contributed by atoms with Gasteiger partial charge in [0, 0.05) is 0 Å². The summed E-state index contributed by atoms with van der Waals surface area (Å²) in [5.41, 5.74) is 0. The van der Waals surface area contributed by atoms with Gasteiger partial charge in [-0.1, -0.05) is 19.7 Å². The minimum Gasteiger partial charge on any atom is -0.502 e. The molecule has 0 aromatic rings. The summed E-state index contributed by atoms with van der Waals surface area (Å²) in [6.45, 7) is 13.1. The monoisotopic (exact) mass is 266 g/mol. The summed E-state index contributed by atoms with van der Waals surface area (Å²) in [7, 11) is 0. The Morgan fingerprint density at radius 1 is 0.684 bits per heavy atom. The first-order valence-corrected chi connectivity index (χ1v) is 6.97. The summed E-state index contributed by atoms with van der Waals surface area (Å²) in [6.07, 6.45) is 9.18. The average Bonchev–Trinajstić information content (AvgIpc) is 2.62.